The molecule has 6 rings (SSSR count). The molecule has 0 radical (unpaired) electrons. The molecule has 0 saturated carbocycles. The highest BCUT2D eigenvalue weighted by Crippen LogP contribution is 2.55. The maximum Gasteiger partial charge on any atom is 0.417 e. The Morgan fingerprint density at radius 1 is 1.29 bits per heavy atom. The van der Waals surface area contributed by atoms with Crippen molar-refractivity contribution in [2.24, 2.45) is 5.92 Å². The number of carbonyl (C=O) groups is 2. The van der Waals surface area contributed by atoms with E-state index in [9.17, 15) is 31.5 Å². The van der Waals surface area contributed by atoms with Gasteiger partial charge < -0.3 is 20.1 Å². The summed E-state index contributed by atoms with van der Waals surface area (Å²) in [5.41, 5.74) is -2.73. The van der Waals surface area contributed by atoms with E-state index in [4.69, 9.17) is 9.47 Å². The topological polar surface area (TPSA) is 92.8 Å². The Morgan fingerprint density at radius 2 is 2.00 bits per heavy atom. The zero-order chi connectivity index (χ0) is 27.6. The molecule has 6 atom stereocenters. The van der Waals surface area contributed by atoms with E-state index >= 15 is 0 Å². The van der Waals surface area contributed by atoms with Gasteiger partial charge in [0, 0.05) is 47.9 Å². The van der Waals surface area contributed by atoms with Crippen LogP contribution in [-0.2, 0) is 14.3 Å². The number of alkyl halides is 3. The third-order valence-corrected chi connectivity index (χ3v) is 7.78. The van der Waals surface area contributed by atoms with Crippen LogP contribution in [0.5, 0.6) is 5.75 Å². The molecule has 2 N–H and O–H groups in total. The minimum Gasteiger partial charge on any atom is -0.493 e. The number of nitrogens with zero attached hydrogens (tertiary/aromatic N) is 2. The number of ether oxygens (including phenoxy) is 2. The molecule has 204 valence electrons. The van der Waals surface area contributed by atoms with Gasteiger partial charge in [0.05, 0.1) is 13.2 Å². The molecule has 5 heterocycles. The first-order valence-electron chi connectivity index (χ1n) is 12.0. The quantitative estimate of drug-likeness (QED) is 0.564. The molecule has 4 saturated heterocycles. The van der Waals surface area contributed by atoms with Gasteiger partial charge >= 0.3 is 6.18 Å². The lowest BCUT2D eigenvalue weighted by atomic mass is 9.77. The van der Waals surface area contributed by atoms with E-state index in [0.29, 0.717) is 6.54 Å². The second kappa shape index (κ2) is 9.16. The number of pyridine rings is 1. The number of halogens is 5. The lowest BCUT2D eigenvalue weighted by molar-refractivity contribution is -0.272. The first-order chi connectivity index (χ1) is 17.9. The normalized spacial score (nSPS) is 30.7. The molecule has 2 bridgehead atoms. The van der Waals surface area contributed by atoms with E-state index in [2.05, 4.69) is 15.6 Å². The predicted octanol–water partition coefficient (Wildman–Crippen LogP) is 3.52. The van der Waals surface area contributed by atoms with Crippen LogP contribution in [-0.4, -0.2) is 60.4 Å². The predicted molar refractivity (Wildman–Crippen MR) is 125 cm³/mol. The summed E-state index contributed by atoms with van der Waals surface area (Å²) in [5.74, 6) is -6.77. The van der Waals surface area contributed by atoms with Crippen LogP contribution < -0.4 is 20.3 Å². The lowest BCUT2D eigenvalue weighted by Gasteiger charge is -2.46. The molecule has 1 aromatic carbocycles. The van der Waals surface area contributed by atoms with Gasteiger partial charge in [0.2, 0.25) is 11.7 Å². The zero-order valence-corrected chi connectivity index (χ0v) is 20.6. The number of nitrogens with one attached hydrogen (secondary N) is 2. The number of fused-ring (bicyclic) bond motifs is 2. The summed E-state index contributed by atoms with van der Waals surface area (Å²) in [4.78, 5) is 31.6. The number of piperazine rings is 1. The number of amides is 2. The fraction of sp³-hybridized carbons (Fsp3) is 0.480. The standard InChI is InChI=1S/C25H25F5N4O4/c1-11-18(14-4-5-15(26)19(27)20(14)37-3)21(38-24(11,2)25(28,29)30)22(35)33-12-6-7-31-17(9-12)34-10-13-8-16(32-13)23(34)36/h4-7,9,11,13,16,18,21,32H,8,10H2,1-3H3,(H,31,33,35)/t11-,13-,16+,18-,21+,24+/m0/s1. The Bertz CT molecular complexity index is 1280. The van der Waals surface area contributed by atoms with Crippen LogP contribution in [0.15, 0.2) is 30.5 Å². The van der Waals surface area contributed by atoms with Crippen molar-refractivity contribution in [2.75, 3.05) is 23.9 Å². The van der Waals surface area contributed by atoms with E-state index in [1.807, 2.05) is 0 Å². The second-order valence-electron chi connectivity index (χ2n) is 9.93. The van der Waals surface area contributed by atoms with Gasteiger partial charge in [0.25, 0.3) is 5.91 Å². The number of carbonyl (C=O) groups excluding carboxylic acids is 2. The summed E-state index contributed by atoms with van der Waals surface area (Å²) in [7, 11) is 1.06. The highest BCUT2D eigenvalue weighted by atomic mass is 19.4. The van der Waals surface area contributed by atoms with E-state index in [1.54, 1.807) is 0 Å². The number of methoxy groups -OCH3 is 1. The van der Waals surface area contributed by atoms with Crippen LogP contribution in [0.2, 0.25) is 0 Å². The van der Waals surface area contributed by atoms with Crippen LogP contribution in [0.25, 0.3) is 0 Å². The number of aromatic nitrogens is 1. The van der Waals surface area contributed by atoms with Crippen molar-refractivity contribution in [3.8, 4) is 5.75 Å². The molecule has 1 aromatic heterocycles. The molecule has 0 aliphatic carbocycles. The first-order valence-corrected chi connectivity index (χ1v) is 12.0. The summed E-state index contributed by atoms with van der Waals surface area (Å²) in [6, 6.07) is 4.56. The summed E-state index contributed by atoms with van der Waals surface area (Å²) >= 11 is 0. The first kappa shape index (κ1) is 26.3. The maximum atomic E-state index is 14.5. The lowest BCUT2D eigenvalue weighted by Crippen LogP contribution is -2.70. The fourth-order valence-corrected chi connectivity index (χ4v) is 5.45. The van der Waals surface area contributed by atoms with E-state index in [-0.39, 0.29) is 35.1 Å². The molecule has 13 heteroatoms. The Hall–Kier alpha value is -3.32. The van der Waals surface area contributed by atoms with Gasteiger partial charge in [0.1, 0.15) is 11.9 Å². The smallest absolute Gasteiger partial charge is 0.417 e. The molecule has 2 amide bonds. The van der Waals surface area contributed by atoms with E-state index < -0.39 is 53.0 Å². The largest absolute Gasteiger partial charge is 0.493 e. The number of hydrogen-bond donors (Lipinski definition) is 2. The van der Waals surface area contributed by atoms with Crippen molar-refractivity contribution in [3.63, 3.8) is 0 Å². The maximum absolute atomic E-state index is 14.5. The van der Waals surface area contributed by atoms with Gasteiger partial charge in [-0.15, -0.1) is 0 Å². The number of hydrogen-bond acceptors (Lipinski definition) is 6. The van der Waals surface area contributed by atoms with Crippen molar-refractivity contribution >= 4 is 23.3 Å². The van der Waals surface area contributed by atoms with Crippen LogP contribution >= 0.6 is 0 Å². The van der Waals surface area contributed by atoms with Crippen molar-refractivity contribution in [3.05, 3.63) is 47.7 Å². The molecular weight excluding hydrogens is 515 g/mol. The third-order valence-electron chi connectivity index (χ3n) is 7.78. The molecule has 38 heavy (non-hydrogen) atoms. The monoisotopic (exact) mass is 540 g/mol. The molecule has 2 aromatic rings. The van der Waals surface area contributed by atoms with Gasteiger partial charge in [-0.05, 0) is 25.5 Å². The molecule has 0 unspecified atom stereocenters. The summed E-state index contributed by atoms with van der Waals surface area (Å²) in [5, 5.41) is 5.66. The van der Waals surface area contributed by atoms with Crippen molar-refractivity contribution < 1.29 is 41.0 Å². The minimum atomic E-state index is -4.88. The van der Waals surface area contributed by atoms with Crippen molar-refractivity contribution in [1.82, 2.24) is 10.3 Å². The molecule has 4 fully saturated rings. The molecule has 0 spiro atoms. The Labute approximate surface area is 214 Å². The Morgan fingerprint density at radius 3 is 2.63 bits per heavy atom. The van der Waals surface area contributed by atoms with Gasteiger partial charge in [-0.25, -0.2) is 9.37 Å². The highest BCUT2D eigenvalue weighted by molar-refractivity contribution is 6.00. The third kappa shape index (κ3) is 4.08. The van der Waals surface area contributed by atoms with Crippen molar-refractivity contribution in [2.45, 2.75) is 56.2 Å². The van der Waals surface area contributed by atoms with Crippen molar-refractivity contribution in [1.29, 1.82) is 0 Å². The molecule has 4 aliphatic rings. The highest BCUT2D eigenvalue weighted by Gasteiger charge is 2.66. The van der Waals surface area contributed by atoms with Crippen LogP contribution in [0.1, 0.15) is 31.7 Å². The Kier molecular flexibility index (Phi) is 6.33. The summed E-state index contributed by atoms with van der Waals surface area (Å²) in [6.45, 7) is 2.44. The number of benzene rings is 1. The fourth-order valence-electron chi connectivity index (χ4n) is 5.45. The molecule has 4 aliphatic heterocycles. The minimum absolute atomic E-state index is 0.131. The van der Waals surface area contributed by atoms with Gasteiger partial charge in [-0.1, -0.05) is 13.0 Å². The molecular formula is C25H25F5N4O4. The second-order valence-corrected chi connectivity index (χ2v) is 9.93. The van der Waals surface area contributed by atoms with Gasteiger partial charge in [0.15, 0.2) is 17.2 Å². The van der Waals surface area contributed by atoms with Crippen LogP contribution in [0, 0.1) is 17.6 Å². The van der Waals surface area contributed by atoms with E-state index in [0.717, 1.165) is 32.6 Å². The summed E-state index contributed by atoms with van der Waals surface area (Å²) < 4.78 is 81.2. The van der Waals surface area contributed by atoms with Gasteiger partial charge in [-0.3, -0.25) is 14.5 Å². The zero-order valence-electron chi connectivity index (χ0n) is 20.6. The molecule has 8 nitrogen and oxygen atoms in total. The summed E-state index contributed by atoms with van der Waals surface area (Å²) in [6.07, 6.45) is -4.52. The Balaban J connectivity index is 1.47. The van der Waals surface area contributed by atoms with Crippen LogP contribution in [0.3, 0.4) is 0 Å². The van der Waals surface area contributed by atoms with Crippen LogP contribution in [0.4, 0.5) is 33.5 Å². The van der Waals surface area contributed by atoms with Gasteiger partial charge in [-0.2, -0.15) is 17.6 Å². The van der Waals surface area contributed by atoms with E-state index in [1.165, 1.54) is 30.2 Å². The SMILES string of the molecule is COc1c([C@H]2[C@H](C(=O)Nc3ccnc(N4C[C@@H]5C[C@@H](N5)C4=O)c3)O[C@@](C)(C(F)(F)F)[C@H]2C)ccc(F)c1F. The number of anilines is 2. The average Bonchev–Trinajstić information content (AvgIpc) is 3.12. The average molecular weight is 540 g/mol. The number of rotatable bonds is 5. The number of piperidine rings is 1.